The van der Waals surface area contributed by atoms with Crippen LogP contribution in [0.25, 0.3) is 11.3 Å². The van der Waals surface area contributed by atoms with Gasteiger partial charge in [-0.15, -0.1) is 0 Å². The van der Waals surface area contributed by atoms with Crippen molar-refractivity contribution >= 4 is 5.97 Å². The van der Waals surface area contributed by atoms with E-state index in [1.165, 1.54) is 11.6 Å². The second-order valence-corrected chi connectivity index (χ2v) is 4.37. The van der Waals surface area contributed by atoms with Gasteiger partial charge in [-0.05, 0) is 30.0 Å². The number of carbonyl (C=O) groups is 1. The first-order valence-electron chi connectivity index (χ1n) is 5.74. The van der Waals surface area contributed by atoms with Crippen molar-refractivity contribution in [2.24, 2.45) is 0 Å². The Morgan fingerprint density at radius 3 is 2.67 bits per heavy atom. The maximum absolute atomic E-state index is 11.7. The number of nitrogens with one attached hydrogen (secondary N) is 1. The number of benzene rings is 1. The van der Waals surface area contributed by atoms with Crippen LogP contribution < -0.4 is 5.56 Å². The first-order chi connectivity index (χ1) is 8.66. The molecule has 0 atom stereocenters. The van der Waals surface area contributed by atoms with Crippen molar-refractivity contribution in [3.8, 4) is 11.3 Å². The van der Waals surface area contributed by atoms with E-state index in [1.807, 2.05) is 24.3 Å². The molecule has 0 saturated carbocycles. The average Bonchev–Trinajstić information content (AvgIpc) is 2.37. The number of aromatic amines is 1. The van der Waals surface area contributed by atoms with Crippen LogP contribution in [0.1, 0.15) is 21.5 Å². The van der Waals surface area contributed by atoms with Crippen molar-refractivity contribution in [2.45, 2.75) is 12.8 Å². The molecule has 1 aliphatic rings. The van der Waals surface area contributed by atoms with Gasteiger partial charge in [-0.3, -0.25) is 4.79 Å². The topological polar surface area (TPSA) is 70.2 Å². The minimum Gasteiger partial charge on any atom is -0.477 e. The number of rotatable bonds is 1. The number of aryl methyl sites for hydroxylation is 2. The van der Waals surface area contributed by atoms with Gasteiger partial charge in [0.05, 0.1) is 5.69 Å². The number of H-pyrrole nitrogens is 1. The fraction of sp³-hybridized carbons (Fsp3) is 0.143. The van der Waals surface area contributed by atoms with Gasteiger partial charge in [0.2, 0.25) is 0 Å². The van der Waals surface area contributed by atoms with E-state index < -0.39 is 11.5 Å². The fourth-order valence-corrected chi connectivity index (χ4v) is 2.42. The summed E-state index contributed by atoms with van der Waals surface area (Å²) in [6.07, 6.45) is 1.62. The van der Waals surface area contributed by atoms with Crippen LogP contribution in [0.2, 0.25) is 0 Å². The highest BCUT2D eigenvalue weighted by Gasteiger charge is 2.19. The average molecular weight is 241 g/mol. The first kappa shape index (κ1) is 10.8. The quantitative estimate of drug-likeness (QED) is 0.800. The summed E-state index contributed by atoms with van der Waals surface area (Å²) in [6, 6.07) is 9.35. The number of hydrogen-bond donors (Lipinski definition) is 2. The van der Waals surface area contributed by atoms with Gasteiger partial charge in [0.25, 0.3) is 5.56 Å². The molecule has 0 bridgehead atoms. The Balaban J connectivity index is 2.27. The van der Waals surface area contributed by atoms with Crippen LogP contribution in [-0.2, 0) is 12.8 Å². The minimum atomic E-state index is -1.18. The molecule has 2 aromatic rings. The molecule has 0 unspecified atom stereocenters. The van der Waals surface area contributed by atoms with Gasteiger partial charge >= 0.3 is 5.97 Å². The smallest absolute Gasteiger partial charge is 0.341 e. The van der Waals surface area contributed by atoms with Crippen molar-refractivity contribution in [2.75, 3.05) is 0 Å². The molecule has 1 aliphatic carbocycles. The van der Waals surface area contributed by atoms with Crippen molar-refractivity contribution in [3.63, 3.8) is 0 Å². The van der Waals surface area contributed by atoms with E-state index in [0.29, 0.717) is 0 Å². The predicted molar refractivity (Wildman–Crippen MR) is 66.9 cm³/mol. The molecule has 4 nitrogen and oxygen atoms in total. The third-order valence-corrected chi connectivity index (χ3v) is 3.30. The van der Waals surface area contributed by atoms with Crippen molar-refractivity contribution in [3.05, 3.63) is 57.4 Å². The number of carboxylic acids is 1. The molecular weight excluding hydrogens is 230 g/mol. The number of fused-ring (bicyclic) bond motifs is 3. The standard InChI is InChI=1S/C14H11NO3/c16-13-11(14(17)18)7-9-6-5-8-3-1-2-4-10(8)12(9)15-13/h1-4,7H,5-6H2,(H,15,16)(H,17,18). The lowest BCUT2D eigenvalue weighted by atomic mass is 9.88. The molecule has 0 radical (unpaired) electrons. The predicted octanol–water partition coefficient (Wildman–Crippen LogP) is 1.84. The van der Waals surface area contributed by atoms with Gasteiger partial charge in [0.1, 0.15) is 5.56 Å². The van der Waals surface area contributed by atoms with E-state index in [9.17, 15) is 9.59 Å². The van der Waals surface area contributed by atoms with Crippen LogP contribution in [0.3, 0.4) is 0 Å². The molecule has 18 heavy (non-hydrogen) atoms. The maximum atomic E-state index is 11.7. The molecule has 0 aliphatic heterocycles. The van der Waals surface area contributed by atoms with E-state index in [1.54, 1.807) is 0 Å². The second kappa shape index (κ2) is 3.84. The molecule has 90 valence electrons. The number of aromatic carboxylic acids is 1. The lowest BCUT2D eigenvalue weighted by Gasteiger charge is -2.19. The van der Waals surface area contributed by atoms with Crippen LogP contribution >= 0.6 is 0 Å². The van der Waals surface area contributed by atoms with Gasteiger partial charge in [0, 0.05) is 5.56 Å². The third kappa shape index (κ3) is 1.54. The van der Waals surface area contributed by atoms with E-state index >= 15 is 0 Å². The Hall–Kier alpha value is -2.36. The monoisotopic (exact) mass is 241 g/mol. The molecule has 3 rings (SSSR count). The summed E-state index contributed by atoms with van der Waals surface area (Å²) in [4.78, 5) is 25.3. The van der Waals surface area contributed by atoms with Crippen molar-refractivity contribution in [1.29, 1.82) is 0 Å². The Morgan fingerprint density at radius 1 is 1.17 bits per heavy atom. The zero-order valence-electron chi connectivity index (χ0n) is 9.56. The van der Waals surface area contributed by atoms with E-state index in [-0.39, 0.29) is 5.56 Å². The number of aromatic nitrogens is 1. The van der Waals surface area contributed by atoms with Crippen LogP contribution in [0, 0.1) is 0 Å². The molecule has 0 saturated heterocycles. The van der Waals surface area contributed by atoms with Crippen LogP contribution in [0.4, 0.5) is 0 Å². The lowest BCUT2D eigenvalue weighted by Crippen LogP contribution is -2.21. The number of hydrogen-bond acceptors (Lipinski definition) is 2. The van der Waals surface area contributed by atoms with Gasteiger partial charge < -0.3 is 10.1 Å². The van der Waals surface area contributed by atoms with Gasteiger partial charge in [-0.1, -0.05) is 24.3 Å². The highest BCUT2D eigenvalue weighted by atomic mass is 16.4. The molecule has 4 heteroatoms. The summed E-state index contributed by atoms with van der Waals surface area (Å²) >= 11 is 0. The van der Waals surface area contributed by atoms with Gasteiger partial charge in [-0.2, -0.15) is 0 Å². The summed E-state index contributed by atoms with van der Waals surface area (Å²) < 4.78 is 0. The molecule has 1 heterocycles. The summed E-state index contributed by atoms with van der Waals surface area (Å²) in [7, 11) is 0. The molecule has 1 aromatic carbocycles. The Kier molecular flexibility index (Phi) is 2.30. The van der Waals surface area contributed by atoms with E-state index in [4.69, 9.17) is 5.11 Å². The highest BCUT2D eigenvalue weighted by molar-refractivity contribution is 5.88. The largest absolute Gasteiger partial charge is 0.477 e. The summed E-state index contributed by atoms with van der Waals surface area (Å²) in [6.45, 7) is 0. The van der Waals surface area contributed by atoms with Gasteiger partial charge in [0.15, 0.2) is 0 Å². The van der Waals surface area contributed by atoms with Crippen LogP contribution in [-0.4, -0.2) is 16.1 Å². The zero-order chi connectivity index (χ0) is 12.7. The fourth-order valence-electron chi connectivity index (χ4n) is 2.42. The van der Waals surface area contributed by atoms with E-state index in [0.717, 1.165) is 29.7 Å². The zero-order valence-corrected chi connectivity index (χ0v) is 9.56. The Morgan fingerprint density at radius 2 is 1.89 bits per heavy atom. The molecular formula is C14H11NO3. The summed E-state index contributed by atoms with van der Waals surface area (Å²) in [5.41, 5.74) is 3.10. The normalized spacial score (nSPS) is 12.7. The molecule has 0 amide bonds. The van der Waals surface area contributed by atoms with E-state index in [2.05, 4.69) is 4.98 Å². The van der Waals surface area contributed by atoms with Crippen LogP contribution in [0.15, 0.2) is 35.1 Å². The summed E-state index contributed by atoms with van der Waals surface area (Å²) in [5, 5.41) is 8.94. The second-order valence-electron chi connectivity index (χ2n) is 4.37. The number of carboxylic acid groups (broad SMARTS) is 1. The lowest BCUT2D eigenvalue weighted by molar-refractivity contribution is 0.0695. The van der Waals surface area contributed by atoms with Crippen molar-refractivity contribution < 1.29 is 9.90 Å². The molecule has 1 aromatic heterocycles. The van der Waals surface area contributed by atoms with Crippen molar-refractivity contribution in [1.82, 2.24) is 4.98 Å². The van der Waals surface area contributed by atoms with Crippen LogP contribution in [0.5, 0.6) is 0 Å². The Labute approximate surface area is 103 Å². The van der Waals surface area contributed by atoms with Gasteiger partial charge in [-0.25, -0.2) is 4.79 Å². The highest BCUT2D eigenvalue weighted by Crippen LogP contribution is 2.30. The first-order valence-corrected chi connectivity index (χ1v) is 5.74. The minimum absolute atomic E-state index is 0.187. The number of pyridine rings is 1. The molecule has 0 fully saturated rings. The SMILES string of the molecule is O=C(O)c1cc2c([nH]c1=O)-c1ccccc1CC2. The third-order valence-electron chi connectivity index (χ3n) is 3.30. The molecule has 0 spiro atoms. The Bertz CT molecular complexity index is 700. The summed E-state index contributed by atoms with van der Waals surface area (Å²) in [5.74, 6) is -1.18. The molecule has 2 N–H and O–H groups in total. The maximum Gasteiger partial charge on any atom is 0.341 e.